The van der Waals surface area contributed by atoms with Gasteiger partial charge in [0.25, 0.3) is 0 Å². The largest absolute Gasteiger partial charge is 0.331 e. The third-order valence-corrected chi connectivity index (χ3v) is 3.41. The van der Waals surface area contributed by atoms with Crippen LogP contribution in [0.1, 0.15) is 11.1 Å². The zero-order chi connectivity index (χ0) is 13.7. The van der Waals surface area contributed by atoms with Gasteiger partial charge in [0.1, 0.15) is 8.07 Å². The lowest BCUT2D eigenvalue weighted by atomic mass is 10.1. The van der Waals surface area contributed by atoms with Gasteiger partial charge in [-0.1, -0.05) is 37.7 Å². The van der Waals surface area contributed by atoms with Crippen LogP contribution in [0.15, 0.2) is 48.8 Å². The molecule has 2 aromatic rings. The van der Waals surface area contributed by atoms with Gasteiger partial charge in [-0.15, -0.1) is 5.54 Å². The molecule has 0 aliphatic carbocycles. The average Bonchev–Trinajstić information content (AvgIpc) is 2.87. The molecule has 1 aromatic carbocycles. The molecular weight excluding hydrogens is 246 g/mol. The van der Waals surface area contributed by atoms with Crippen molar-refractivity contribution in [3.8, 4) is 11.5 Å². The summed E-state index contributed by atoms with van der Waals surface area (Å²) in [5.41, 5.74) is 5.67. The van der Waals surface area contributed by atoms with E-state index < -0.39 is 8.07 Å². The van der Waals surface area contributed by atoms with Crippen LogP contribution in [0.4, 0.5) is 0 Å². The Bertz CT molecular complexity index is 619. The normalized spacial score (nSPS) is 11.3. The molecule has 0 spiro atoms. The van der Waals surface area contributed by atoms with Crippen molar-refractivity contribution in [3.05, 3.63) is 59.9 Å². The fourth-order valence-electron chi connectivity index (χ4n) is 1.60. The molecule has 0 N–H and O–H groups in total. The number of hydrogen-bond donors (Lipinski definition) is 0. The minimum atomic E-state index is -1.30. The highest BCUT2D eigenvalue weighted by molar-refractivity contribution is 6.83. The van der Waals surface area contributed by atoms with Crippen molar-refractivity contribution in [2.75, 3.05) is 0 Å². The lowest BCUT2D eigenvalue weighted by molar-refractivity contribution is 1.18. The van der Waals surface area contributed by atoms with Crippen LogP contribution >= 0.6 is 0 Å². The van der Waals surface area contributed by atoms with Crippen molar-refractivity contribution >= 4 is 20.3 Å². The van der Waals surface area contributed by atoms with E-state index in [4.69, 9.17) is 0 Å². The average molecular weight is 265 g/mol. The molecule has 1 nitrogen and oxygen atoms in total. The highest BCUT2D eigenvalue weighted by Gasteiger charge is 2.07. The maximum Gasteiger partial charge on any atom is 0.129 e. The van der Waals surface area contributed by atoms with Crippen LogP contribution in [0, 0.1) is 11.5 Å². The Morgan fingerprint density at radius 2 is 1.79 bits per heavy atom. The molecule has 2 heteroatoms. The van der Waals surface area contributed by atoms with E-state index in [0.717, 1.165) is 5.56 Å². The van der Waals surface area contributed by atoms with Gasteiger partial charge in [-0.3, -0.25) is 0 Å². The molecule has 0 amide bonds. The van der Waals surface area contributed by atoms with Crippen LogP contribution in [-0.2, 0) is 0 Å². The molecule has 0 saturated carbocycles. The topological polar surface area (TPSA) is 4.93 Å². The Kier molecular flexibility index (Phi) is 4.09. The summed E-state index contributed by atoms with van der Waals surface area (Å²) in [6.45, 7) is 6.78. The molecule has 96 valence electrons. The van der Waals surface area contributed by atoms with Crippen molar-refractivity contribution in [3.63, 3.8) is 0 Å². The predicted octanol–water partition coefficient (Wildman–Crippen LogP) is 4.34. The molecule has 1 heterocycles. The highest BCUT2D eigenvalue weighted by atomic mass is 28.3. The van der Waals surface area contributed by atoms with Gasteiger partial charge in [0.05, 0.1) is 0 Å². The molecule has 0 unspecified atom stereocenters. The van der Waals surface area contributed by atoms with E-state index in [0.29, 0.717) is 0 Å². The summed E-state index contributed by atoms with van der Waals surface area (Å²) in [7, 11) is -1.30. The number of rotatable bonds is 2. The number of nitrogens with zero attached hydrogens (tertiary/aromatic N) is 1. The van der Waals surface area contributed by atoms with Gasteiger partial charge in [0.2, 0.25) is 0 Å². The fourth-order valence-corrected chi connectivity index (χ4v) is 2.12. The lowest BCUT2D eigenvalue weighted by Gasteiger charge is -2.03. The zero-order valence-electron chi connectivity index (χ0n) is 11.7. The van der Waals surface area contributed by atoms with E-state index in [1.807, 2.05) is 35.3 Å². The summed E-state index contributed by atoms with van der Waals surface area (Å²) in [5.74, 6) is 3.29. The van der Waals surface area contributed by atoms with Crippen LogP contribution < -0.4 is 0 Å². The molecule has 0 saturated heterocycles. The Hall–Kier alpha value is -1.98. The van der Waals surface area contributed by atoms with Crippen molar-refractivity contribution in [2.24, 2.45) is 0 Å². The molecule has 1 aromatic heterocycles. The first-order chi connectivity index (χ1) is 9.03. The molecular formula is C17H19NSi. The molecule has 0 fully saturated rings. The quantitative estimate of drug-likeness (QED) is 0.562. The molecule has 0 aliphatic heterocycles. The van der Waals surface area contributed by atoms with E-state index in [9.17, 15) is 0 Å². The van der Waals surface area contributed by atoms with Crippen LogP contribution in [0.2, 0.25) is 19.6 Å². The second kappa shape index (κ2) is 5.77. The second-order valence-corrected chi connectivity index (χ2v) is 10.3. The summed E-state index contributed by atoms with van der Waals surface area (Å²) in [6.07, 6.45) is 8.18. The third-order valence-electron chi connectivity index (χ3n) is 2.54. The molecule has 19 heavy (non-hydrogen) atoms. The molecule has 0 radical (unpaired) electrons. The van der Waals surface area contributed by atoms with Gasteiger partial charge in [-0.25, -0.2) is 0 Å². The standard InChI is InChI=1S/C17H19NSi/c1-19(2,3)14-10-17-8-6-7-16(15-17)9-13-18-11-4-5-12-18/h4-9,11-13,15H,1-3H3. The molecule has 0 bridgehead atoms. The Balaban J connectivity index is 2.17. The Labute approximate surface area is 116 Å². The van der Waals surface area contributed by atoms with Gasteiger partial charge >= 0.3 is 0 Å². The molecule has 2 rings (SSSR count). The fraction of sp³-hybridized carbons (Fsp3) is 0.176. The first-order valence-electron chi connectivity index (χ1n) is 6.47. The summed E-state index contributed by atoms with van der Waals surface area (Å²) in [6, 6.07) is 12.4. The number of hydrogen-bond acceptors (Lipinski definition) is 0. The summed E-state index contributed by atoms with van der Waals surface area (Å²) in [5, 5.41) is 0. The smallest absolute Gasteiger partial charge is 0.129 e. The van der Waals surface area contributed by atoms with E-state index >= 15 is 0 Å². The summed E-state index contributed by atoms with van der Waals surface area (Å²) >= 11 is 0. The van der Waals surface area contributed by atoms with Crippen molar-refractivity contribution < 1.29 is 0 Å². The van der Waals surface area contributed by atoms with Gasteiger partial charge in [-0.05, 0) is 35.9 Å². The van der Waals surface area contributed by atoms with Crippen molar-refractivity contribution in [2.45, 2.75) is 19.6 Å². The van der Waals surface area contributed by atoms with Gasteiger partial charge in [0.15, 0.2) is 0 Å². The van der Waals surface area contributed by atoms with Crippen LogP contribution in [-0.4, -0.2) is 12.6 Å². The highest BCUT2D eigenvalue weighted by Crippen LogP contribution is 2.08. The van der Waals surface area contributed by atoms with Gasteiger partial charge < -0.3 is 4.57 Å². The van der Waals surface area contributed by atoms with Crippen molar-refractivity contribution in [1.29, 1.82) is 0 Å². The third kappa shape index (κ3) is 4.65. The summed E-state index contributed by atoms with van der Waals surface area (Å²) in [4.78, 5) is 0. The number of aromatic nitrogens is 1. The number of benzene rings is 1. The molecule has 0 aliphatic rings. The van der Waals surface area contributed by atoms with E-state index in [1.54, 1.807) is 0 Å². The minimum Gasteiger partial charge on any atom is -0.331 e. The van der Waals surface area contributed by atoms with Crippen molar-refractivity contribution in [1.82, 2.24) is 4.57 Å². The van der Waals surface area contributed by atoms with Crippen LogP contribution in [0.25, 0.3) is 12.3 Å². The lowest BCUT2D eigenvalue weighted by Crippen LogP contribution is -2.16. The Morgan fingerprint density at radius 3 is 2.47 bits per heavy atom. The second-order valence-electron chi connectivity index (χ2n) is 5.57. The van der Waals surface area contributed by atoms with Gasteiger partial charge in [-0.2, -0.15) is 0 Å². The maximum atomic E-state index is 3.39. The first-order valence-corrected chi connectivity index (χ1v) is 9.97. The van der Waals surface area contributed by atoms with E-state index in [1.165, 1.54) is 5.56 Å². The monoisotopic (exact) mass is 265 g/mol. The van der Waals surface area contributed by atoms with Crippen LogP contribution in [0.3, 0.4) is 0 Å². The van der Waals surface area contributed by atoms with Crippen LogP contribution in [0.5, 0.6) is 0 Å². The first kappa shape index (κ1) is 13.4. The van der Waals surface area contributed by atoms with E-state index in [-0.39, 0.29) is 0 Å². The predicted molar refractivity (Wildman–Crippen MR) is 86.3 cm³/mol. The zero-order valence-corrected chi connectivity index (χ0v) is 12.7. The maximum absolute atomic E-state index is 3.39. The minimum absolute atomic E-state index is 1.09. The Morgan fingerprint density at radius 1 is 1.05 bits per heavy atom. The SMILES string of the molecule is C[Si](C)(C)C#Cc1cccc(C=Cn2cccc2)c1. The van der Waals surface area contributed by atoms with E-state index in [2.05, 4.69) is 61.4 Å². The van der Waals surface area contributed by atoms with Gasteiger partial charge in [0, 0.05) is 24.2 Å². The molecule has 0 atom stereocenters. The summed E-state index contributed by atoms with van der Waals surface area (Å²) < 4.78 is 2.03.